The first-order chi connectivity index (χ1) is 19.3. The van der Waals surface area contributed by atoms with Crippen LogP contribution in [0, 0.1) is 5.41 Å². The van der Waals surface area contributed by atoms with Crippen LogP contribution >= 0.6 is 0 Å². The first kappa shape index (κ1) is 27.8. The van der Waals surface area contributed by atoms with Gasteiger partial charge in [0.05, 0.1) is 32.3 Å². The van der Waals surface area contributed by atoms with Crippen molar-refractivity contribution in [1.29, 1.82) is 0 Å². The van der Waals surface area contributed by atoms with Crippen LogP contribution in [0.2, 0.25) is 0 Å². The fourth-order valence-corrected chi connectivity index (χ4v) is 5.38. The smallest absolute Gasteiger partial charge is 0.324 e. The Balaban J connectivity index is 1.40. The third-order valence-electron chi connectivity index (χ3n) is 7.72. The molecule has 2 aromatic heterocycles. The molecule has 5 rings (SSSR count). The standard InChI is InChI=1S/C30H39N5O5/c1-5-6-7-14-40-26-15-23(8-9-25(26)38-4)35-19-30(20-39-21-30)18-34(29(35)37)16-22-10-12-31-28-24(22)11-13-33(28)17-27(36)32(2)3/h8-13,15H,5-7,14,16-21H2,1-4H3. The second-order valence-electron chi connectivity index (χ2n) is 11.0. The number of methoxy groups -OCH3 is 1. The number of likely N-dealkylation sites (N-methyl/N-ethyl adjacent to an activating group) is 1. The number of hydrogen-bond donors (Lipinski definition) is 0. The van der Waals surface area contributed by atoms with E-state index in [1.54, 1.807) is 32.3 Å². The van der Waals surface area contributed by atoms with E-state index in [9.17, 15) is 9.59 Å². The van der Waals surface area contributed by atoms with Crippen molar-refractivity contribution >= 4 is 28.7 Å². The van der Waals surface area contributed by atoms with Gasteiger partial charge < -0.3 is 28.6 Å². The normalized spacial score (nSPS) is 16.4. The highest BCUT2D eigenvalue weighted by molar-refractivity contribution is 5.94. The van der Waals surface area contributed by atoms with E-state index in [1.807, 2.05) is 50.9 Å². The Kier molecular flexibility index (Phi) is 8.16. The molecule has 1 spiro atoms. The molecule has 214 valence electrons. The van der Waals surface area contributed by atoms with Crippen LogP contribution in [-0.4, -0.2) is 85.4 Å². The van der Waals surface area contributed by atoms with Crippen molar-refractivity contribution < 1.29 is 23.8 Å². The van der Waals surface area contributed by atoms with Crippen LogP contribution in [0.4, 0.5) is 10.5 Å². The van der Waals surface area contributed by atoms with Gasteiger partial charge in [-0.3, -0.25) is 9.69 Å². The van der Waals surface area contributed by atoms with Crippen molar-refractivity contribution in [2.45, 2.75) is 39.3 Å². The molecule has 1 aromatic carbocycles. The number of ether oxygens (including phenoxy) is 3. The summed E-state index contributed by atoms with van der Waals surface area (Å²) in [7, 11) is 5.11. The minimum absolute atomic E-state index is 0.00770. The van der Waals surface area contributed by atoms with Crippen LogP contribution in [0.3, 0.4) is 0 Å². The van der Waals surface area contributed by atoms with Gasteiger partial charge >= 0.3 is 6.03 Å². The molecule has 40 heavy (non-hydrogen) atoms. The zero-order valence-corrected chi connectivity index (χ0v) is 23.9. The maximum absolute atomic E-state index is 14.0. The fraction of sp³-hybridized carbons (Fsp3) is 0.500. The van der Waals surface area contributed by atoms with Gasteiger partial charge in [-0.1, -0.05) is 19.8 Å². The molecule has 10 heteroatoms. The SMILES string of the molecule is CCCCCOc1cc(N2CC3(COC3)CN(Cc3ccnc4c3ccn4CC(=O)N(C)C)C2=O)ccc1OC. The number of carbonyl (C=O) groups is 2. The van der Waals surface area contributed by atoms with E-state index in [4.69, 9.17) is 14.2 Å². The third kappa shape index (κ3) is 5.58. The number of aromatic nitrogens is 2. The lowest BCUT2D eigenvalue weighted by Gasteiger charge is -2.51. The van der Waals surface area contributed by atoms with Crippen LogP contribution in [0.15, 0.2) is 42.7 Å². The average molecular weight is 550 g/mol. The molecule has 0 atom stereocenters. The molecule has 2 saturated heterocycles. The van der Waals surface area contributed by atoms with Crippen LogP contribution in [0.1, 0.15) is 31.7 Å². The van der Waals surface area contributed by atoms with E-state index in [0.29, 0.717) is 51.0 Å². The second-order valence-corrected chi connectivity index (χ2v) is 11.0. The summed E-state index contributed by atoms with van der Waals surface area (Å²) in [4.78, 5) is 36.1. The van der Waals surface area contributed by atoms with E-state index in [0.717, 1.165) is 41.5 Å². The maximum atomic E-state index is 14.0. The van der Waals surface area contributed by atoms with Gasteiger partial charge in [0.15, 0.2) is 11.5 Å². The molecule has 2 aliphatic rings. The molecule has 4 heterocycles. The number of urea groups is 1. The molecule has 0 N–H and O–H groups in total. The number of carbonyl (C=O) groups excluding carboxylic acids is 2. The van der Waals surface area contributed by atoms with E-state index in [2.05, 4.69) is 11.9 Å². The van der Waals surface area contributed by atoms with Gasteiger partial charge in [-0.05, 0) is 36.2 Å². The lowest BCUT2D eigenvalue weighted by atomic mass is 9.82. The number of pyridine rings is 1. The molecule has 2 aliphatic heterocycles. The fourth-order valence-electron chi connectivity index (χ4n) is 5.38. The third-order valence-corrected chi connectivity index (χ3v) is 7.72. The van der Waals surface area contributed by atoms with Gasteiger partial charge in [0, 0.05) is 63.3 Å². The minimum Gasteiger partial charge on any atom is -0.493 e. The van der Waals surface area contributed by atoms with E-state index in [1.165, 1.54) is 0 Å². The van der Waals surface area contributed by atoms with Crippen molar-refractivity contribution in [1.82, 2.24) is 19.4 Å². The largest absolute Gasteiger partial charge is 0.493 e. The van der Waals surface area contributed by atoms with Gasteiger partial charge in [-0.25, -0.2) is 9.78 Å². The first-order valence-corrected chi connectivity index (χ1v) is 13.9. The average Bonchev–Trinajstić information content (AvgIpc) is 3.34. The Morgan fingerprint density at radius 1 is 1.12 bits per heavy atom. The molecule has 0 bridgehead atoms. The Hall–Kier alpha value is -3.79. The number of benzene rings is 1. The number of anilines is 1. The molecular formula is C30H39N5O5. The minimum atomic E-state index is -0.133. The van der Waals surface area contributed by atoms with Gasteiger partial charge in [-0.2, -0.15) is 0 Å². The Bertz CT molecular complexity index is 1370. The number of fused-ring (bicyclic) bond motifs is 1. The number of unbranched alkanes of at least 4 members (excludes halogenated alkanes) is 2. The van der Waals surface area contributed by atoms with E-state index in [-0.39, 0.29) is 23.9 Å². The van der Waals surface area contributed by atoms with Crippen LogP contribution in [0.5, 0.6) is 11.5 Å². The highest BCUT2D eigenvalue weighted by Crippen LogP contribution is 2.39. The van der Waals surface area contributed by atoms with Gasteiger partial charge in [-0.15, -0.1) is 0 Å². The summed E-state index contributed by atoms with van der Waals surface area (Å²) in [5.41, 5.74) is 2.36. The maximum Gasteiger partial charge on any atom is 0.324 e. The summed E-state index contributed by atoms with van der Waals surface area (Å²) in [6.45, 7) is 5.82. The molecule has 0 radical (unpaired) electrons. The van der Waals surface area contributed by atoms with Gasteiger partial charge in [0.1, 0.15) is 12.2 Å². The number of hydrogen-bond acceptors (Lipinski definition) is 6. The number of amides is 3. The lowest BCUT2D eigenvalue weighted by Crippen LogP contribution is -2.65. The van der Waals surface area contributed by atoms with Gasteiger partial charge in [0.2, 0.25) is 5.91 Å². The van der Waals surface area contributed by atoms with Crippen LogP contribution < -0.4 is 14.4 Å². The molecule has 3 amide bonds. The molecule has 0 aliphatic carbocycles. The van der Waals surface area contributed by atoms with E-state index >= 15 is 0 Å². The lowest BCUT2D eigenvalue weighted by molar-refractivity contribution is -0.129. The van der Waals surface area contributed by atoms with Crippen molar-refractivity contribution in [3.63, 3.8) is 0 Å². The zero-order valence-electron chi connectivity index (χ0n) is 23.9. The molecule has 0 unspecified atom stereocenters. The monoisotopic (exact) mass is 549 g/mol. The summed E-state index contributed by atoms with van der Waals surface area (Å²) in [6.07, 6.45) is 6.81. The zero-order chi connectivity index (χ0) is 28.3. The predicted octanol–water partition coefficient (Wildman–Crippen LogP) is 4.16. The molecule has 10 nitrogen and oxygen atoms in total. The summed E-state index contributed by atoms with van der Waals surface area (Å²) >= 11 is 0. The molecule has 0 saturated carbocycles. The quantitative estimate of drug-likeness (QED) is 0.334. The van der Waals surface area contributed by atoms with Crippen LogP contribution in [0.25, 0.3) is 11.0 Å². The predicted molar refractivity (Wildman–Crippen MR) is 153 cm³/mol. The summed E-state index contributed by atoms with van der Waals surface area (Å²) in [5.74, 6) is 1.29. The summed E-state index contributed by atoms with van der Waals surface area (Å²) in [5, 5.41) is 0.935. The van der Waals surface area contributed by atoms with Crippen LogP contribution in [-0.2, 0) is 22.6 Å². The highest BCUT2D eigenvalue weighted by Gasteiger charge is 2.48. The van der Waals surface area contributed by atoms with Crippen molar-refractivity contribution in [2.75, 3.05) is 59.0 Å². The molecular weight excluding hydrogens is 510 g/mol. The van der Waals surface area contributed by atoms with Gasteiger partial charge in [0.25, 0.3) is 0 Å². The van der Waals surface area contributed by atoms with E-state index < -0.39 is 0 Å². The van der Waals surface area contributed by atoms with Crippen molar-refractivity contribution in [3.05, 3.63) is 48.3 Å². The Morgan fingerprint density at radius 3 is 2.65 bits per heavy atom. The number of nitrogens with zero attached hydrogens (tertiary/aromatic N) is 5. The highest BCUT2D eigenvalue weighted by atomic mass is 16.5. The first-order valence-electron chi connectivity index (χ1n) is 13.9. The Labute approximate surface area is 235 Å². The summed E-state index contributed by atoms with van der Waals surface area (Å²) in [6, 6.07) is 9.55. The summed E-state index contributed by atoms with van der Waals surface area (Å²) < 4.78 is 19.1. The Morgan fingerprint density at radius 2 is 1.95 bits per heavy atom. The topological polar surface area (TPSA) is 89.4 Å². The number of rotatable bonds is 11. The van der Waals surface area contributed by atoms with Crippen molar-refractivity contribution in [2.24, 2.45) is 5.41 Å². The molecule has 3 aromatic rings. The molecule has 2 fully saturated rings. The van der Waals surface area contributed by atoms with Crippen molar-refractivity contribution in [3.8, 4) is 11.5 Å². The second kappa shape index (κ2) is 11.8.